The van der Waals surface area contributed by atoms with Crippen LogP contribution in [0.1, 0.15) is 30.6 Å². The molecule has 2 aromatic rings. The number of nitrogens with two attached hydrogens (primary N) is 1. The lowest BCUT2D eigenvalue weighted by molar-refractivity contribution is 0.522. The smallest absolute Gasteiger partial charge is 0.0804 e. The van der Waals surface area contributed by atoms with Gasteiger partial charge in [0.1, 0.15) is 0 Å². The molecule has 0 amide bonds. The van der Waals surface area contributed by atoms with Gasteiger partial charge in [0.2, 0.25) is 0 Å². The van der Waals surface area contributed by atoms with Crippen molar-refractivity contribution in [1.29, 1.82) is 0 Å². The van der Waals surface area contributed by atoms with Gasteiger partial charge in [-0.15, -0.1) is 0 Å². The summed E-state index contributed by atoms with van der Waals surface area (Å²) in [6.07, 6.45) is 2.95. The number of aryl methyl sites for hydroxylation is 1. The molecule has 4 nitrogen and oxygen atoms in total. The molecular formula is C15H20N4. The summed E-state index contributed by atoms with van der Waals surface area (Å²) in [5.74, 6) is 0. The van der Waals surface area contributed by atoms with Crippen LogP contribution in [-0.2, 0) is 13.1 Å². The molecule has 0 aliphatic carbocycles. The molecule has 3 rings (SSSR count). The van der Waals surface area contributed by atoms with Crippen LogP contribution in [0.3, 0.4) is 0 Å². The monoisotopic (exact) mass is 256 g/mol. The average molecular weight is 256 g/mol. The lowest BCUT2D eigenvalue weighted by Crippen LogP contribution is -2.33. The Labute approximate surface area is 113 Å². The van der Waals surface area contributed by atoms with E-state index in [-0.39, 0.29) is 6.04 Å². The van der Waals surface area contributed by atoms with E-state index >= 15 is 0 Å². The Kier molecular flexibility index (Phi) is 3.25. The first-order valence-electron chi connectivity index (χ1n) is 6.89. The fourth-order valence-corrected chi connectivity index (χ4v) is 2.78. The molecule has 1 unspecified atom stereocenters. The highest BCUT2D eigenvalue weighted by Crippen LogP contribution is 2.33. The predicted molar refractivity (Wildman–Crippen MR) is 76.9 cm³/mol. The molecule has 2 N–H and O–H groups in total. The van der Waals surface area contributed by atoms with E-state index in [1.807, 2.05) is 10.9 Å². The molecule has 0 bridgehead atoms. The molecule has 19 heavy (non-hydrogen) atoms. The van der Waals surface area contributed by atoms with Gasteiger partial charge in [-0.25, -0.2) is 0 Å². The van der Waals surface area contributed by atoms with Gasteiger partial charge in [0.05, 0.1) is 23.6 Å². The molecule has 2 heterocycles. The number of anilines is 1. The topological polar surface area (TPSA) is 47.1 Å². The number of hydrogen-bond acceptors (Lipinski definition) is 3. The van der Waals surface area contributed by atoms with Crippen LogP contribution < -0.4 is 10.6 Å². The van der Waals surface area contributed by atoms with Gasteiger partial charge in [0, 0.05) is 19.6 Å². The van der Waals surface area contributed by atoms with E-state index in [1.165, 1.54) is 16.9 Å². The number of benzene rings is 1. The Bertz CT molecular complexity index is 547. The van der Waals surface area contributed by atoms with E-state index in [9.17, 15) is 0 Å². The van der Waals surface area contributed by atoms with Gasteiger partial charge < -0.3 is 10.6 Å². The van der Waals surface area contributed by atoms with Gasteiger partial charge in [0.15, 0.2) is 0 Å². The minimum absolute atomic E-state index is 0.115. The van der Waals surface area contributed by atoms with Gasteiger partial charge >= 0.3 is 0 Å². The van der Waals surface area contributed by atoms with E-state index in [4.69, 9.17) is 5.73 Å². The van der Waals surface area contributed by atoms with Gasteiger partial charge in [0.25, 0.3) is 0 Å². The van der Waals surface area contributed by atoms with Crippen molar-refractivity contribution in [3.05, 3.63) is 47.8 Å². The van der Waals surface area contributed by atoms with Gasteiger partial charge in [-0.1, -0.05) is 30.3 Å². The molecule has 4 heteroatoms. The van der Waals surface area contributed by atoms with Crippen molar-refractivity contribution < 1.29 is 0 Å². The number of rotatable bonds is 3. The highest BCUT2D eigenvalue weighted by Gasteiger charge is 2.26. The number of aromatic nitrogens is 2. The molecule has 100 valence electrons. The van der Waals surface area contributed by atoms with Gasteiger partial charge in [-0.05, 0) is 18.9 Å². The second-order valence-electron chi connectivity index (χ2n) is 5.03. The van der Waals surface area contributed by atoms with Crippen molar-refractivity contribution in [2.75, 3.05) is 11.4 Å². The molecule has 1 atom stereocenters. The maximum absolute atomic E-state index is 6.24. The number of fused-ring (bicyclic) bond motifs is 1. The van der Waals surface area contributed by atoms with Crippen LogP contribution in [0.15, 0.2) is 36.5 Å². The van der Waals surface area contributed by atoms with Crippen LogP contribution in [0.5, 0.6) is 0 Å². The van der Waals surface area contributed by atoms with E-state index in [0.717, 1.165) is 26.1 Å². The quantitative estimate of drug-likeness (QED) is 0.916. The maximum Gasteiger partial charge on any atom is 0.0804 e. The third-order valence-corrected chi connectivity index (χ3v) is 3.78. The van der Waals surface area contributed by atoms with E-state index in [1.54, 1.807) is 0 Å². The molecule has 1 aromatic carbocycles. The first-order valence-corrected chi connectivity index (χ1v) is 6.89. The zero-order chi connectivity index (χ0) is 13.2. The third kappa shape index (κ3) is 2.24. The second kappa shape index (κ2) is 5.05. The molecule has 1 aromatic heterocycles. The summed E-state index contributed by atoms with van der Waals surface area (Å²) in [4.78, 5) is 2.38. The van der Waals surface area contributed by atoms with E-state index < -0.39 is 0 Å². The Morgan fingerprint density at radius 2 is 2.11 bits per heavy atom. The zero-order valence-electron chi connectivity index (χ0n) is 11.3. The summed E-state index contributed by atoms with van der Waals surface area (Å²) in [6.45, 7) is 4.91. The van der Waals surface area contributed by atoms with E-state index in [0.29, 0.717) is 0 Å². The lowest BCUT2D eigenvalue weighted by Gasteiger charge is -2.32. The van der Waals surface area contributed by atoms with Crippen molar-refractivity contribution >= 4 is 5.69 Å². The molecule has 1 aliphatic rings. The molecule has 0 fully saturated rings. The first kappa shape index (κ1) is 12.2. The molecular weight excluding hydrogens is 236 g/mol. The first-order chi connectivity index (χ1) is 9.29. The molecule has 1 aliphatic heterocycles. The molecule has 0 saturated carbocycles. The van der Waals surface area contributed by atoms with Gasteiger partial charge in [-0.2, -0.15) is 5.10 Å². The maximum atomic E-state index is 6.24. The van der Waals surface area contributed by atoms with Crippen LogP contribution in [0.2, 0.25) is 0 Å². The lowest BCUT2D eigenvalue weighted by atomic mass is 10.0. The highest BCUT2D eigenvalue weighted by molar-refractivity contribution is 5.53. The summed E-state index contributed by atoms with van der Waals surface area (Å²) in [6, 6.07) is 10.7. The third-order valence-electron chi connectivity index (χ3n) is 3.78. The highest BCUT2D eigenvalue weighted by atomic mass is 15.3. The van der Waals surface area contributed by atoms with Crippen LogP contribution in [0, 0.1) is 0 Å². The van der Waals surface area contributed by atoms with Crippen LogP contribution >= 0.6 is 0 Å². The summed E-state index contributed by atoms with van der Waals surface area (Å²) < 4.78 is 2.02. The Morgan fingerprint density at radius 1 is 1.32 bits per heavy atom. The molecule has 0 saturated heterocycles. The average Bonchev–Trinajstić information content (AvgIpc) is 2.88. The normalized spacial score (nSPS) is 18.4. The van der Waals surface area contributed by atoms with Crippen LogP contribution in [0.4, 0.5) is 5.69 Å². The van der Waals surface area contributed by atoms with Gasteiger partial charge in [-0.3, -0.25) is 4.68 Å². The fourth-order valence-electron chi connectivity index (χ4n) is 2.78. The van der Waals surface area contributed by atoms with Crippen molar-refractivity contribution in [3.8, 4) is 0 Å². The SMILES string of the molecule is CCn1ncc2c1C(N)CCN2Cc1ccccc1. The van der Waals surface area contributed by atoms with Crippen molar-refractivity contribution in [3.63, 3.8) is 0 Å². The largest absolute Gasteiger partial charge is 0.364 e. The summed E-state index contributed by atoms with van der Waals surface area (Å²) in [5.41, 5.74) is 9.95. The molecule has 0 radical (unpaired) electrons. The predicted octanol–water partition coefficient (Wildman–Crippen LogP) is 2.31. The fraction of sp³-hybridized carbons (Fsp3) is 0.400. The summed E-state index contributed by atoms with van der Waals surface area (Å²) in [5, 5.41) is 4.45. The van der Waals surface area contributed by atoms with Crippen LogP contribution in [0.25, 0.3) is 0 Å². The second-order valence-corrected chi connectivity index (χ2v) is 5.03. The Balaban J connectivity index is 1.89. The van der Waals surface area contributed by atoms with Crippen molar-refractivity contribution in [2.24, 2.45) is 5.73 Å². The summed E-state index contributed by atoms with van der Waals surface area (Å²) >= 11 is 0. The zero-order valence-corrected chi connectivity index (χ0v) is 11.3. The summed E-state index contributed by atoms with van der Waals surface area (Å²) in [7, 11) is 0. The molecule has 0 spiro atoms. The Morgan fingerprint density at radius 3 is 2.84 bits per heavy atom. The number of nitrogens with zero attached hydrogens (tertiary/aromatic N) is 3. The minimum Gasteiger partial charge on any atom is -0.364 e. The minimum atomic E-state index is 0.115. The Hall–Kier alpha value is -1.81. The van der Waals surface area contributed by atoms with Crippen molar-refractivity contribution in [1.82, 2.24) is 9.78 Å². The van der Waals surface area contributed by atoms with E-state index in [2.05, 4.69) is 47.3 Å². The standard InChI is InChI=1S/C15H20N4/c1-2-19-15-13(16)8-9-18(14(15)10-17-19)11-12-6-4-3-5-7-12/h3-7,10,13H,2,8-9,11,16H2,1H3. The number of hydrogen-bond donors (Lipinski definition) is 1. The van der Waals surface area contributed by atoms with Crippen LogP contribution in [-0.4, -0.2) is 16.3 Å². The van der Waals surface area contributed by atoms with Crippen molar-refractivity contribution in [2.45, 2.75) is 32.5 Å².